The largest absolute Gasteiger partial charge is 0.371 e. The fraction of sp³-hybridized carbons (Fsp3) is 0.950. The van der Waals surface area contributed by atoms with Crippen molar-refractivity contribution in [2.45, 2.75) is 116 Å². The SMILES string of the molecule is CCCCCCCCCCCCCCCCNC(=S)SC(C)C. The van der Waals surface area contributed by atoms with Gasteiger partial charge in [-0.25, -0.2) is 0 Å². The van der Waals surface area contributed by atoms with Gasteiger partial charge in [-0.1, -0.05) is 128 Å². The van der Waals surface area contributed by atoms with Crippen LogP contribution in [0.2, 0.25) is 0 Å². The molecule has 0 unspecified atom stereocenters. The predicted molar refractivity (Wildman–Crippen MR) is 114 cm³/mol. The van der Waals surface area contributed by atoms with E-state index >= 15 is 0 Å². The molecule has 0 aliphatic rings. The Morgan fingerprint density at radius 1 is 0.739 bits per heavy atom. The van der Waals surface area contributed by atoms with Crippen LogP contribution in [0.25, 0.3) is 0 Å². The lowest BCUT2D eigenvalue weighted by molar-refractivity contribution is 0.535. The van der Waals surface area contributed by atoms with Gasteiger partial charge in [0.15, 0.2) is 0 Å². The molecular formula is C20H41NS2. The third-order valence-electron chi connectivity index (χ3n) is 4.14. The summed E-state index contributed by atoms with van der Waals surface area (Å²) < 4.78 is 0.967. The van der Waals surface area contributed by atoms with Crippen LogP contribution in [-0.4, -0.2) is 16.1 Å². The lowest BCUT2D eigenvalue weighted by Crippen LogP contribution is -2.20. The third kappa shape index (κ3) is 20.2. The molecule has 0 radical (unpaired) electrons. The molecule has 1 nitrogen and oxygen atoms in total. The van der Waals surface area contributed by atoms with Gasteiger partial charge in [-0.15, -0.1) is 0 Å². The van der Waals surface area contributed by atoms with E-state index in [1.54, 1.807) is 11.8 Å². The normalized spacial score (nSPS) is 11.1. The highest BCUT2D eigenvalue weighted by Gasteiger charge is 2.00. The van der Waals surface area contributed by atoms with Gasteiger partial charge in [0.05, 0.1) is 0 Å². The molecule has 0 amide bonds. The first-order valence-electron chi connectivity index (χ1n) is 10.1. The number of hydrogen-bond acceptors (Lipinski definition) is 2. The van der Waals surface area contributed by atoms with Crippen molar-refractivity contribution in [3.8, 4) is 0 Å². The minimum atomic E-state index is 0.589. The summed E-state index contributed by atoms with van der Waals surface area (Å²) >= 11 is 7.04. The second-order valence-electron chi connectivity index (χ2n) is 6.98. The van der Waals surface area contributed by atoms with Gasteiger partial charge >= 0.3 is 0 Å². The Bertz CT molecular complexity index is 254. The molecule has 3 heteroatoms. The Labute approximate surface area is 156 Å². The summed E-state index contributed by atoms with van der Waals surface area (Å²) in [6.45, 7) is 7.71. The van der Waals surface area contributed by atoms with Crippen LogP contribution in [-0.2, 0) is 0 Å². The maximum atomic E-state index is 5.28. The minimum Gasteiger partial charge on any atom is -0.371 e. The van der Waals surface area contributed by atoms with Crippen molar-refractivity contribution in [1.82, 2.24) is 5.32 Å². The Balaban J connectivity index is 3.06. The summed E-state index contributed by atoms with van der Waals surface area (Å²) in [4.78, 5) is 0. The minimum absolute atomic E-state index is 0.589. The molecule has 0 bridgehead atoms. The van der Waals surface area contributed by atoms with Crippen molar-refractivity contribution in [3.05, 3.63) is 0 Å². The van der Waals surface area contributed by atoms with Gasteiger partial charge in [-0.05, 0) is 6.42 Å². The zero-order valence-electron chi connectivity index (χ0n) is 16.0. The van der Waals surface area contributed by atoms with Crippen LogP contribution in [0.4, 0.5) is 0 Å². The summed E-state index contributed by atoms with van der Waals surface area (Å²) in [5, 5.41) is 3.94. The first-order valence-corrected chi connectivity index (χ1v) is 11.4. The van der Waals surface area contributed by atoms with Gasteiger partial charge < -0.3 is 5.32 Å². The first-order chi connectivity index (χ1) is 11.2. The topological polar surface area (TPSA) is 12.0 Å². The van der Waals surface area contributed by atoms with Crippen LogP contribution in [0.1, 0.15) is 111 Å². The monoisotopic (exact) mass is 359 g/mol. The number of nitrogens with one attached hydrogen (secondary N) is 1. The van der Waals surface area contributed by atoms with Crippen molar-refractivity contribution in [3.63, 3.8) is 0 Å². The maximum absolute atomic E-state index is 5.28. The smallest absolute Gasteiger partial charge is 0.134 e. The molecule has 0 aliphatic carbocycles. The molecule has 138 valence electrons. The standard InChI is InChI=1S/C20H41NS2/c1-4-5-6-7-8-9-10-11-12-13-14-15-16-17-18-21-20(22)23-19(2)3/h19H,4-18H2,1-3H3,(H,21,22). The Kier molecular flexibility index (Phi) is 18.8. The van der Waals surface area contributed by atoms with E-state index < -0.39 is 0 Å². The van der Waals surface area contributed by atoms with E-state index in [4.69, 9.17) is 12.2 Å². The van der Waals surface area contributed by atoms with E-state index in [-0.39, 0.29) is 0 Å². The summed E-state index contributed by atoms with van der Waals surface area (Å²) in [5.74, 6) is 0. The molecule has 1 N–H and O–H groups in total. The third-order valence-corrected chi connectivity index (χ3v) is 5.41. The zero-order chi connectivity index (χ0) is 17.2. The van der Waals surface area contributed by atoms with Crippen LogP contribution in [0.5, 0.6) is 0 Å². The lowest BCUT2D eigenvalue weighted by Gasteiger charge is -2.09. The van der Waals surface area contributed by atoms with Crippen LogP contribution in [0.15, 0.2) is 0 Å². The van der Waals surface area contributed by atoms with Crippen molar-refractivity contribution in [2.75, 3.05) is 6.54 Å². The van der Waals surface area contributed by atoms with E-state index in [0.717, 1.165) is 10.9 Å². The van der Waals surface area contributed by atoms with Gasteiger partial charge in [-0.3, -0.25) is 0 Å². The molecule has 0 spiro atoms. The Morgan fingerprint density at radius 2 is 1.13 bits per heavy atom. The number of hydrogen-bond donors (Lipinski definition) is 1. The van der Waals surface area contributed by atoms with E-state index in [9.17, 15) is 0 Å². The highest BCUT2D eigenvalue weighted by Crippen LogP contribution is 2.13. The number of unbranched alkanes of at least 4 members (excludes halogenated alkanes) is 13. The number of thioether (sulfide) groups is 1. The highest BCUT2D eigenvalue weighted by atomic mass is 32.2. The van der Waals surface area contributed by atoms with E-state index in [0.29, 0.717) is 5.25 Å². The number of thiocarbonyl (C=S) groups is 1. The van der Waals surface area contributed by atoms with Crippen molar-refractivity contribution in [2.24, 2.45) is 0 Å². The average molecular weight is 360 g/mol. The molecule has 0 saturated heterocycles. The van der Waals surface area contributed by atoms with E-state index in [1.165, 1.54) is 89.9 Å². The van der Waals surface area contributed by atoms with Crippen molar-refractivity contribution in [1.29, 1.82) is 0 Å². The zero-order valence-corrected chi connectivity index (χ0v) is 17.6. The van der Waals surface area contributed by atoms with E-state index in [2.05, 4.69) is 26.1 Å². The lowest BCUT2D eigenvalue weighted by atomic mass is 10.0. The second kappa shape index (κ2) is 18.6. The van der Waals surface area contributed by atoms with Gasteiger partial charge in [0.2, 0.25) is 0 Å². The quantitative estimate of drug-likeness (QED) is 0.226. The summed E-state index contributed by atoms with van der Waals surface area (Å²) in [6, 6.07) is 0. The molecule has 0 aromatic heterocycles. The van der Waals surface area contributed by atoms with Gasteiger partial charge in [0.1, 0.15) is 4.32 Å². The van der Waals surface area contributed by atoms with Gasteiger partial charge in [0.25, 0.3) is 0 Å². The fourth-order valence-corrected chi connectivity index (χ4v) is 4.06. The second-order valence-corrected chi connectivity index (χ2v) is 9.23. The van der Waals surface area contributed by atoms with Gasteiger partial charge in [-0.2, -0.15) is 0 Å². The van der Waals surface area contributed by atoms with Crippen LogP contribution in [0, 0.1) is 0 Å². The molecule has 0 aromatic rings. The summed E-state index contributed by atoms with van der Waals surface area (Å²) in [7, 11) is 0. The van der Waals surface area contributed by atoms with Crippen LogP contribution >= 0.6 is 24.0 Å². The van der Waals surface area contributed by atoms with Crippen LogP contribution < -0.4 is 5.32 Å². The molecule has 0 rings (SSSR count). The molecular weight excluding hydrogens is 318 g/mol. The molecule has 0 atom stereocenters. The number of rotatable bonds is 16. The molecule has 23 heavy (non-hydrogen) atoms. The van der Waals surface area contributed by atoms with Crippen molar-refractivity contribution < 1.29 is 0 Å². The average Bonchev–Trinajstić information content (AvgIpc) is 2.50. The molecule has 0 aromatic carbocycles. The van der Waals surface area contributed by atoms with Crippen LogP contribution in [0.3, 0.4) is 0 Å². The fourth-order valence-electron chi connectivity index (χ4n) is 2.77. The highest BCUT2D eigenvalue weighted by molar-refractivity contribution is 8.23. The molecule has 0 saturated carbocycles. The molecule has 0 aliphatic heterocycles. The van der Waals surface area contributed by atoms with Gasteiger partial charge in [0, 0.05) is 11.8 Å². The van der Waals surface area contributed by atoms with Crippen molar-refractivity contribution >= 4 is 28.3 Å². The molecule has 0 heterocycles. The molecule has 0 fully saturated rings. The Morgan fingerprint density at radius 3 is 1.52 bits per heavy atom. The summed E-state index contributed by atoms with van der Waals surface area (Å²) in [5.41, 5.74) is 0. The summed E-state index contributed by atoms with van der Waals surface area (Å²) in [6.07, 6.45) is 19.8. The van der Waals surface area contributed by atoms with E-state index in [1.807, 2.05) is 0 Å². The first kappa shape index (κ1) is 23.2. The predicted octanol–water partition coefficient (Wildman–Crippen LogP) is 7.48. The maximum Gasteiger partial charge on any atom is 0.134 e. The Hall–Kier alpha value is 0.240.